The maximum absolute atomic E-state index is 11.4. The molecule has 1 aliphatic rings. The summed E-state index contributed by atoms with van der Waals surface area (Å²) in [6, 6.07) is 13.3. The van der Waals surface area contributed by atoms with E-state index in [4.69, 9.17) is 9.47 Å². The predicted octanol–water partition coefficient (Wildman–Crippen LogP) is 3.64. The van der Waals surface area contributed by atoms with Crippen LogP contribution in [0.4, 0.5) is 11.4 Å². The molecule has 0 radical (unpaired) electrons. The van der Waals surface area contributed by atoms with Gasteiger partial charge in [0.15, 0.2) is 0 Å². The standard InChI is InChI=1S/C22H24N4O4/c1-29-17-4-2-16(3-5-17)22(25-10-12-30-13-11-25)15-24-20-6-7-21(26(27)28)19-14-23-9-8-18(19)20/h2-9,14,22,24H,10-13,15H2,1H3. The number of hydrogen-bond acceptors (Lipinski definition) is 7. The molecule has 0 amide bonds. The van der Waals surface area contributed by atoms with Crippen molar-refractivity contribution in [1.29, 1.82) is 0 Å². The van der Waals surface area contributed by atoms with Crippen molar-refractivity contribution in [3.8, 4) is 5.75 Å². The van der Waals surface area contributed by atoms with Gasteiger partial charge in [0.25, 0.3) is 5.69 Å². The van der Waals surface area contributed by atoms with E-state index in [-0.39, 0.29) is 16.7 Å². The van der Waals surface area contributed by atoms with Crippen molar-refractivity contribution in [2.45, 2.75) is 6.04 Å². The lowest BCUT2D eigenvalue weighted by Gasteiger charge is -2.35. The highest BCUT2D eigenvalue weighted by molar-refractivity contribution is 5.99. The van der Waals surface area contributed by atoms with Crippen LogP contribution in [0.25, 0.3) is 10.8 Å². The molecule has 1 aromatic heterocycles. The molecule has 0 bridgehead atoms. The van der Waals surface area contributed by atoms with Gasteiger partial charge in [0.2, 0.25) is 0 Å². The van der Waals surface area contributed by atoms with E-state index < -0.39 is 0 Å². The number of fused-ring (bicyclic) bond motifs is 1. The summed E-state index contributed by atoms with van der Waals surface area (Å²) in [6.45, 7) is 3.77. The number of non-ortho nitro benzene ring substituents is 1. The van der Waals surface area contributed by atoms with Crippen LogP contribution in [0.3, 0.4) is 0 Å². The van der Waals surface area contributed by atoms with Crippen molar-refractivity contribution in [2.75, 3.05) is 45.3 Å². The first-order valence-electron chi connectivity index (χ1n) is 9.88. The Bertz CT molecular complexity index is 1020. The lowest BCUT2D eigenvalue weighted by Crippen LogP contribution is -2.41. The fourth-order valence-electron chi connectivity index (χ4n) is 3.87. The first-order valence-corrected chi connectivity index (χ1v) is 9.88. The quantitative estimate of drug-likeness (QED) is 0.471. The number of nitro benzene ring substituents is 1. The number of morpholine rings is 1. The maximum Gasteiger partial charge on any atom is 0.278 e. The molecule has 1 atom stereocenters. The molecular formula is C22H24N4O4. The van der Waals surface area contributed by atoms with Crippen LogP contribution in [-0.4, -0.2) is 54.8 Å². The highest BCUT2D eigenvalue weighted by Crippen LogP contribution is 2.32. The van der Waals surface area contributed by atoms with Crippen LogP contribution in [0.2, 0.25) is 0 Å². The SMILES string of the molecule is COc1ccc(C(CNc2ccc([N+](=O)[O-])c3cnccc23)N2CCOCC2)cc1. The average molecular weight is 408 g/mol. The van der Waals surface area contributed by atoms with E-state index in [1.54, 1.807) is 25.6 Å². The summed E-state index contributed by atoms with van der Waals surface area (Å²) in [6.07, 6.45) is 3.20. The molecule has 1 aliphatic heterocycles. The first-order chi connectivity index (χ1) is 14.7. The van der Waals surface area contributed by atoms with Gasteiger partial charge in [0, 0.05) is 49.2 Å². The third kappa shape index (κ3) is 4.19. The Morgan fingerprint density at radius 3 is 2.63 bits per heavy atom. The van der Waals surface area contributed by atoms with Gasteiger partial charge in [0.1, 0.15) is 5.75 Å². The Morgan fingerprint density at radius 1 is 1.17 bits per heavy atom. The highest BCUT2D eigenvalue weighted by Gasteiger charge is 2.23. The van der Waals surface area contributed by atoms with Gasteiger partial charge in [0.05, 0.1) is 36.7 Å². The largest absolute Gasteiger partial charge is 0.497 e. The van der Waals surface area contributed by atoms with Crippen LogP contribution >= 0.6 is 0 Å². The van der Waals surface area contributed by atoms with Crippen molar-refractivity contribution >= 4 is 22.1 Å². The summed E-state index contributed by atoms with van der Waals surface area (Å²) in [5.74, 6) is 0.821. The van der Waals surface area contributed by atoms with Gasteiger partial charge in [-0.15, -0.1) is 0 Å². The summed E-state index contributed by atoms with van der Waals surface area (Å²) < 4.78 is 10.8. The molecule has 0 aliphatic carbocycles. The van der Waals surface area contributed by atoms with Gasteiger partial charge in [-0.2, -0.15) is 0 Å². The number of nitrogens with one attached hydrogen (secondary N) is 1. The van der Waals surface area contributed by atoms with E-state index in [0.717, 1.165) is 29.9 Å². The molecule has 8 heteroatoms. The van der Waals surface area contributed by atoms with Crippen molar-refractivity contribution < 1.29 is 14.4 Å². The van der Waals surface area contributed by atoms with Crippen LogP contribution in [-0.2, 0) is 4.74 Å². The van der Waals surface area contributed by atoms with Gasteiger partial charge in [-0.05, 0) is 29.8 Å². The molecule has 1 unspecified atom stereocenters. The van der Waals surface area contributed by atoms with E-state index in [1.165, 1.54) is 11.6 Å². The van der Waals surface area contributed by atoms with Gasteiger partial charge in [-0.1, -0.05) is 12.1 Å². The highest BCUT2D eigenvalue weighted by atomic mass is 16.6. The molecule has 1 fully saturated rings. The van der Waals surface area contributed by atoms with Crippen LogP contribution in [0.5, 0.6) is 5.75 Å². The second-order valence-electron chi connectivity index (χ2n) is 7.13. The molecule has 8 nitrogen and oxygen atoms in total. The summed E-state index contributed by atoms with van der Waals surface area (Å²) in [4.78, 5) is 17.5. The van der Waals surface area contributed by atoms with Crippen LogP contribution in [0, 0.1) is 10.1 Å². The molecule has 156 valence electrons. The molecule has 0 spiro atoms. The van der Waals surface area contributed by atoms with Crippen LogP contribution in [0.15, 0.2) is 54.9 Å². The second kappa shape index (κ2) is 9.06. The molecule has 4 rings (SSSR count). The second-order valence-corrected chi connectivity index (χ2v) is 7.13. The van der Waals surface area contributed by atoms with Crippen molar-refractivity contribution in [3.05, 3.63) is 70.5 Å². The third-order valence-corrected chi connectivity index (χ3v) is 5.46. The number of ether oxygens (including phenoxy) is 2. The van der Waals surface area contributed by atoms with Crippen molar-refractivity contribution in [1.82, 2.24) is 9.88 Å². The Kier molecular flexibility index (Phi) is 6.06. The monoisotopic (exact) mass is 408 g/mol. The zero-order valence-electron chi connectivity index (χ0n) is 16.8. The Hall–Kier alpha value is -3.23. The van der Waals surface area contributed by atoms with E-state index in [2.05, 4.69) is 27.3 Å². The topological polar surface area (TPSA) is 89.8 Å². The number of pyridine rings is 1. The number of nitro groups is 1. The summed E-state index contributed by atoms with van der Waals surface area (Å²) in [5.41, 5.74) is 2.09. The minimum absolute atomic E-state index is 0.0588. The van der Waals surface area contributed by atoms with E-state index in [1.807, 2.05) is 18.2 Å². The smallest absolute Gasteiger partial charge is 0.278 e. The first kappa shape index (κ1) is 20.1. The maximum atomic E-state index is 11.4. The van der Waals surface area contributed by atoms with Gasteiger partial charge in [-0.3, -0.25) is 20.0 Å². The summed E-state index contributed by atoms with van der Waals surface area (Å²) >= 11 is 0. The van der Waals surface area contributed by atoms with Crippen molar-refractivity contribution in [3.63, 3.8) is 0 Å². The molecule has 3 aromatic rings. The molecular weight excluding hydrogens is 384 g/mol. The molecule has 2 aromatic carbocycles. The number of aromatic nitrogens is 1. The Labute approximate surface area is 174 Å². The molecule has 0 saturated carbocycles. The van der Waals surface area contributed by atoms with E-state index >= 15 is 0 Å². The molecule has 2 heterocycles. The average Bonchev–Trinajstić information content (AvgIpc) is 2.80. The van der Waals surface area contributed by atoms with Crippen LogP contribution < -0.4 is 10.1 Å². The number of methoxy groups -OCH3 is 1. The minimum Gasteiger partial charge on any atom is -0.497 e. The summed E-state index contributed by atoms with van der Waals surface area (Å²) in [7, 11) is 1.66. The van der Waals surface area contributed by atoms with Gasteiger partial charge in [-0.25, -0.2) is 0 Å². The lowest BCUT2D eigenvalue weighted by molar-refractivity contribution is -0.383. The molecule has 1 saturated heterocycles. The molecule has 30 heavy (non-hydrogen) atoms. The fraction of sp³-hybridized carbons (Fsp3) is 0.318. The van der Waals surface area contributed by atoms with Crippen LogP contribution in [0.1, 0.15) is 11.6 Å². The molecule has 1 N–H and O–H groups in total. The number of anilines is 1. The van der Waals surface area contributed by atoms with E-state index in [0.29, 0.717) is 25.1 Å². The number of hydrogen-bond donors (Lipinski definition) is 1. The Balaban J connectivity index is 1.62. The minimum atomic E-state index is -0.373. The summed E-state index contributed by atoms with van der Waals surface area (Å²) in [5, 5.41) is 16.2. The zero-order chi connectivity index (χ0) is 20.9. The predicted molar refractivity (Wildman–Crippen MR) is 115 cm³/mol. The fourth-order valence-corrected chi connectivity index (χ4v) is 3.87. The number of rotatable bonds is 7. The van der Waals surface area contributed by atoms with Gasteiger partial charge < -0.3 is 14.8 Å². The van der Waals surface area contributed by atoms with E-state index in [9.17, 15) is 10.1 Å². The van der Waals surface area contributed by atoms with Gasteiger partial charge >= 0.3 is 0 Å². The number of nitrogens with zero attached hydrogens (tertiary/aromatic N) is 3. The normalized spacial score (nSPS) is 15.6. The number of benzene rings is 2. The van der Waals surface area contributed by atoms with Crippen molar-refractivity contribution in [2.24, 2.45) is 0 Å². The third-order valence-electron chi connectivity index (χ3n) is 5.46. The Morgan fingerprint density at radius 2 is 1.93 bits per heavy atom. The zero-order valence-corrected chi connectivity index (χ0v) is 16.8. The lowest BCUT2D eigenvalue weighted by atomic mass is 10.0.